The summed E-state index contributed by atoms with van der Waals surface area (Å²) < 4.78 is 10.7. The second kappa shape index (κ2) is 7.83. The Morgan fingerprint density at radius 1 is 1.35 bits per heavy atom. The molecule has 0 saturated heterocycles. The summed E-state index contributed by atoms with van der Waals surface area (Å²) in [5.41, 5.74) is 1.38. The lowest BCUT2D eigenvalue weighted by molar-refractivity contribution is 0.0939. The van der Waals surface area contributed by atoms with Crippen molar-refractivity contribution in [3.63, 3.8) is 0 Å². The van der Waals surface area contributed by atoms with Gasteiger partial charge in [0, 0.05) is 18.0 Å². The van der Waals surface area contributed by atoms with Gasteiger partial charge in [-0.2, -0.15) is 0 Å². The number of pyridine rings is 1. The maximum Gasteiger partial charge on any atom is 0.251 e. The molecule has 1 aromatic heterocycles. The average molecular weight is 335 g/mol. The molecule has 23 heavy (non-hydrogen) atoms. The molecule has 0 aliphatic rings. The molecule has 0 spiro atoms. The third-order valence-electron chi connectivity index (χ3n) is 3.33. The summed E-state index contributed by atoms with van der Waals surface area (Å²) in [7, 11) is 1.51. The van der Waals surface area contributed by atoms with Crippen LogP contribution in [0.1, 0.15) is 35.8 Å². The number of hydrogen-bond donors (Lipinski definition) is 1. The van der Waals surface area contributed by atoms with Crippen LogP contribution < -0.4 is 14.8 Å². The van der Waals surface area contributed by atoms with Crippen molar-refractivity contribution in [3.8, 4) is 11.5 Å². The van der Waals surface area contributed by atoms with Crippen LogP contribution in [0.5, 0.6) is 11.5 Å². The Labute approximate surface area is 140 Å². The van der Waals surface area contributed by atoms with E-state index in [2.05, 4.69) is 10.3 Å². The van der Waals surface area contributed by atoms with Gasteiger partial charge in [-0.3, -0.25) is 9.78 Å². The predicted molar refractivity (Wildman–Crippen MR) is 89.3 cm³/mol. The Kier molecular flexibility index (Phi) is 5.82. The van der Waals surface area contributed by atoms with E-state index in [0.29, 0.717) is 28.7 Å². The van der Waals surface area contributed by atoms with Crippen LogP contribution in [0.3, 0.4) is 0 Å². The highest BCUT2D eigenvalue weighted by molar-refractivity contribution is 6.32. The van der Waals surface area contributed by atoms with Gasteiger partial charge >= 0.3 is 0 Å². The van der Waals surface area contributed by atoms with Crippen LogP contribution in [0, 0.1) is 0 Å². The molecule has 1 amide bonds. The minimum Gasteiger partial charge on any atom is -0.493 e. The quantitative estimate of drug-likeness (QED) is 0.876. The Bertz CT molecular complexity index is 677. The first-order chi connectivity index (χ1) is 11.1. The van der Waals surface area contributed by atoms with Crippen LogP contribution in [-0.2, 0) is 0 Å². The fraction of sp³-hybridized carbons (Fsp3) is 0.294. The molecule has 2 aromatic rings. The van der Waals surface area contributed by atoms with Gasteiger partial charge in [-0.25, -0.2) is 0 Å². The number of nitrogens with zero attached hydrogens (tertiary/aromatic N) is 1. The van der Waals surface area contributed by atoms with Crippen LogP contribution in [0.25, 0.3) is 0 Å². The minimum atomic E-state index is -0.238. The van der Waals surface area contributed by atoms with E-state index < -0.39 is 0 Å². The molecule has 122 valence electrons. The maximum atomic E-state index is 12.4. The normalized spacial score (nSPS) is 11.7. The first-order valence-electron chi connectivity index (χ1n) is 7.28. The lowest BCUT2D eigenvalue weighted by atomic mass is 10.1. The van der Waals surface area contributed by atoms with Crippen molar-refractivity contribution in [1.82, 2.24) is 10.3 Å². The monoisotopic (exact) mass is 334 g/mol. The molecule has 0 unspecified atom stereocenters. The van der Waals surface area contributed by atoms with Crippen LogP contribution in [-0.4, -0.2) is 24.6 Å². The summed E-state index contributed by atoms with van der Waals surface area (Å²) in [5, 5.41) is 3.26. The molecular weight excluding hydrogens is 316 g/mol. The Hall–Kier alpha value is -2.27. The Morgan fingerprint density at radius 2 is 2.04 bits per heavy atom. The molecule has 5 nitrogen and oxygen atoms in total. The minimum absolute atomic E-state index is 0.151. The molecule has 0 bridgehead atoms. The molecule has 2 rings (SSSR count). The summed E-state index contributed by atoms with van der Waals surface area (Å²) >= 11 is 6.20. The van der Waals surface area contributed by atoms with Crippen LogP contribution in [0.2, 0.25) is 5.02 Å². The number of carbonyl (C=O) groups is 1. The highest BCUT2D eigenvalue weighted by Crippen LogP contribution is 2.36. The molecule has 1 N–H and O–H groups in total. The Balaban J connectivity index is 2.21. The van der Waals surface area contributed by atoms with Crippen molar-refractivity contribution in [2.24, 2.45) is 0 Å². The summed E-state index contributed by atoms with van der Waals surface area (Å²) in [6.45, 7) is 4.22. The van der Waals surface area contributed by atoms with Gasteiger partial charge in [0.25, 0.3) is 5.91 Å². The van der Waals surface area contributed by atoms with Gasteiger partial charge in [-0.15, -0.1) is 0 Å². The average Bonchev–Trinajstić information content (AvgIpc) is 2.57. The van der Waals surface area contributed by atoms with E-state index in [1.807, 2.05) is 26.0 Å². The second-order valence-electron chi connectivity index (χ2n) is 4.90. The zero-order valence-corrected chi connectivity index (χ0v) is 14.1. The zero-order valence-electron chi connectivity index (χ0n) is 13.3. The van der Waals surface area contributed by atoms with Gasteiger partial charge in [0.15, 0.2) is 11.5 Å². The number of nitrogens with one attached hydrogen (secondary N) is 1. The van der Waals surface area contributed by atoms with Crippen LogP contribution >= 0.6 is 11.6 Å². The van der Waals surface area contributed by atoms with E-state index >= 15 is 0 Å². The topological polar surface area (TPSA) is 60.5 Å². The fourth-order valence-electron chi connectivity index (χ4n) is 2.15. The molecule has 1 aromatic carbocycles. The van der Waals surface area contributed by atoms with Crippen LogP contribution in [0.4, 0.5) is 0 Å². The third-order valence-corrected chi connectivity index (χ3v) is 3.61. The lowest BCUT2D eigenvalue weighted by Crippen LogP contribution is -2.26. The van der Waals surface area contributed by atoms with Gasteiger partial charge in [-0.1, -0.05) is 11.6 Å². The summed E-state index contributed by atoms with van der Waals surface area (Å²) in [4.78, 5) is 16.4. The van der Waals surface area contributed by atoms with Crippen molar-refractivity contribution in [2.75, 3.05) is 13.7 Å². The summed E-state index contributed by atoms with van der Waals surface area (Å²) in [6.07, 6.45) is 3.38. The van der Waals surface area contributed by atoms with Crippen molar-refractivity contribution < 1.29 is 14.3 Å². The number of amides is 1. The van der Waals surface area contributed by atoms with Crippen molar-refractivity contribution in [1.29, 1.82) is 0 Å². The Morgan fingerprint density at radius 3 is 2.65 bits per heavy atom. The first kappa shape index (κ1) is 17.1. The second-order valence-corrected chi connectivity index (χ2v) is 5.31. The van der Waals surface area contributed by atoms with Gasteiger partial charge in [0.1, 0.15) is 0 Å². The molecule has 0 saturated carbocycles. The first-order valence-corrected chi connectivity index (χ1v) is 7.65. The number of methoxy groups -OCH3 is 1. The van der Waals surface area contributed by atoms with Gasteiger partial charge in [-0.05, 0) is 43.7 Å². The molecule has 1 heterocycles. The van der Waals surface area contributed by atoms with E-state index in [1.54, 1.807) is 24.5 Å². The van der Waals surface area contributed by atoms with E-state index in [-0.39, 0.29) is 11.9 Å². The molecule has 6 heteroatoms. The summed E-state index contributed by atoms with van der Waals surface area (Å²) in [6, 6.07) is 6.75. The number of halogens is 1. The SMILES string of the molecule is CCOc1c(Cl)cc(C(=O)N[C@H](C)c2ccncc2)cc1OC. The summed E-state index contributed by atoms with van der Waals surface area (Å²) in [5.74, 6) is 0.633. The van der Waals surface area contributed by atoms with Crippen molar-refractivity contribution >= 4 is 17.5 Å². The van der Waals surface area contributed by atoms with Gasteiger partial charge in [0.05, 0.1) is 24.8 Å². The molecule has 0 fully saturated rings. The van der Waals surface area contributed by atoms with E-state index in [1.165, 1.54) is 7.11 Å². The standard InChI is InChI=1S/C17H19ClN2O3/c1-4-23-16-14(18)9-13(10-15(16)22-3)17(21)20-11(2)12-5-7-19-8-6-12/h5-11H,4H2,1-3H3,(H,20,21)/t11-/m1/s1. The molecule has 1 atom stereocenters. The number of ether oxygens (including phenoxy) is 2. The van der Waals surface area contributed by atoms with E-state index in [9.17, 15) is 4.79 Å². The predicted octanol–water partition coefficient (Wildman–Crippen LogP) is 3.63. The number of rotatable bonds is 6. The molecular formula is C17H19ClN2O3. The van der Waals surface area contributed by atoms with Crippen molar-refractivity contribution in [2.45, 2.75) is 19.9 Å². The third kappa shape index (κ3) is 4.13. The molecule has 0 aliphatic carbocycles. The number of benzene rings is 1. The zero-order chi connectivity index (χ0) is 16.8. The smallest absolute Gasteiger partial charge is 0.251 e. The largest absolute Gasteiger partial charge is 0.493 e. The van der Waals surface area contributed by atoms with Gasteiger partial charge in [0.2, 0.25) is 0 Å². The number of aromatic nitrogens is 1. The van der Waals surface area contributed by atoms with E-state index in [0.717, 1.165) is 5.56 Å². The van der Waals surface area contributed by atoms with E-state index in [4.69, 9.17) is 21.1 Å². The molecule has 0 aliphatic heterocycles. The van der Waals surface area contributed by atoms with Crippen molar-refractivity contribution in [3.05, 3.63) is 52.8 Å². The lowest BCUT2D eigenvalue weighted by Gasteiger charge is -2.16. The molecule has 0 radical (unpaired) electrons. The van der Waals surface area contributed by atoms with Gasteiger partial charge < -0.3 is 14.8 Å². The number of hydrogen-bond acceptors (Lipinski definition) is 4. The highest BCUT2D eigenvalue weighted by Gasteiger charge is 2.17. The maximum absolute atomic E-state index is 12.4. The highest BCUT2D eigenvalue weighted by atomic mass is 35.5. The number of carbonyl (C=O) groups excluding carboxylic acids is 1. The fourth-order valence-corrected chi connectivity index (χ4v) is 2.42. The van der Waals surface area contributed by atoms with Crippen LogP contribution in [0.15, 0.2) is 36.7 Å².